The molecule has 0 aromatic carbocycles. The average Bonchev–Trinajstić information content (AvgIpc) is 2.28. The summed E-state index contributed by atoms with van der Waals surface area (Å²) in [5, 5.41) is 12.0. The molecule has 0 saturated heterocycles. The minimum Gasteiger partial charge on any atom is -0.481 e. The molecule has 5 heteroatoms. The lowest BCUT2D eigenvalue weighted by atomic mass is 9.92. The zero-order valence-electron chi connectivity index (χ0n) is 9.40. The normalized spacial score (nSPS) is 23.0. The van der Waals surface area contributed by atoms with Gasteiger partial charge >= 0.3 is 5.97 Å². The van der Waals surface area contributed by atoms with Gasteiger partial charge < -0.3 is 10.4 Å². The van der Waals surface area contributed by atoms with Crippen LogP contribution in [0.25, 0.3) is 0 Å². The molecule has 2 aliphatic rings. The maximum Gasteiger partial charge on any atom is 0.309 e. The third-order valence-corrected chi connectivity index (χ3v) is 3.55. The number of hydrogen-bond donors (Lipinski definition) is 2. The summed E-state index contributed by atoms with van der Waals surface area (Å²) >= 11 is 1.49. The van der Waals surface area contributed by atoms with Crippen molar-refractivity contribution >= 4 is 23.5 Å². The first-order chi connectivity index (χ1) is 8.10. The number of dihydropyridines is 1. The highest BCUT2D eigenvalue weighted by Crippen LogP contribution is 2.30. The van der Waals surface area contributed by atoms with Crippen LogP contribution in [0.3, 0.4) is 0 Å². The maximum atomic E-state index is 11.3. The number of hydrogen-bond acceptors (Lipinski definition) is 4. The quantitative estimate of drug-likeness (QED) is 0.795. The van der Waals surface area contributed by atoms with Crippen LogP contribution in [0.1, 0.15) is 12.8 Å². The molecule has 4 nitrogen and oxygen atoms in total. The Morgan fingerprint density at radius 1 is 1.65 bits per heavy atom. The van der Waals surface area contributed by atoms with Gasteiger partial charge in [-0.1, -0.05) is 6.08 Å². The van der Waals surface area contributed by atoms with Gasteiger partial charge in [0.15, 0.2) is 5.78 Å². The van der Waals surface area contributed by atoms with Gasteiger partial charge in [0.1, 0.15) is 0 Å². The van der Waals surface area contributed by atoms with Gasteiger partial charge in [0.25, 0.3) is 0 Å². The van der Waals surface area contributed by atoms with Crippen LogP contribution in [0.2, 0.25) is 0 Å². The van der Waals surface area contributed by atoms with E-state index in [0.717, 1.165) is 16.2 Å². The highest BCUT2D eigenvalue weighted by molar-refractivity contribution is 8.02. The molecule has 1 aliphatic carbocycles. The van der Waals surface area contributed by atoms with E-state index in [9.17, 15) is 9.59 Å². The SMILES string of the molecule is CSC1=C(CC(=O)O)NC2C=CC(=O)CC2=C1. The number of aliphatic carboxylic acids is 1. The van der Waals surface area contributed by atoms with Gasteiger partial charge in [-0.2, -0.15) is 0 Å². The number of nitrogens with one attached hydrogen (secondary N) is 1. The van der Waals surface area contributed by atoms with Gasteiger partial charge in [-0.3, -0.25) is 9.59 Å². The minimum absolute atomic E-state index is 0.0156. The first-order valence-corrected chi connectivity index (χ1v) is 6.49. The van der Waals surface area contributed by atoms with Crippen molar-refractivity contribution in [2.45, 2.75) is 18.9 Å². The third kappa shape index (κ3) is 2.61. The van der Waals surface area contributed by atoms with Gasteiger partial charge in [-0.15, -0.1) is 11.8 Å². The Labute approximate surface area is 103 Å². The molecule has 90 valence electrons. The zero-order chi connectivity index (χ0) is 12.4. The molecule has 2 N–H and O–H groups in total. The molecule has 0 bridgehead atoms. The standard InChI is InChI=1S/C12H13NO3S/c1-17-11-5-7-4-8(14)2-3-9(7)13-10(11)6-12(15)16/h2-3,5,9,13H,4,6H2,1H3,(H,15,16). The van der Waals surface area contributed by atoms with Gasteiger partial charge in [0.2, 0.25) is 0 Å². The number of fused-ring (bicyclic) bond motifs is 1. The fourth-order valence-corrected chi connectivity index (χ4v) is 2.61. The highest BCUT2D eigenvalue weighted by Gasteiger charge is 2.25. The Balaban J connectivity index is 2.30. The van der Waals surface area contributed by atoms with E-state index < -0.39 is 5.97 Å². The third-order valence-electron chi connectivity index (χ3n) is 2.74. The molecule has 0 aromatic heterocycles. The van der Waals surface area contributed by atoms with Crippen molar-refractivity contribution in [2.24, 2.45) is 0 Å². The lowest BCUT2D eigenvalue weighted by molar-refractivity contribution is -0.136. The van der Waals surface area contributed by atoms with E-state index in [0.29, 0.717) is 6.42 Å². The van der Waals surface area contributed by atoms with E-state index in [4.69, 9.17) is 5.11 Å². The summed E-state index contributed by atoms with van der Waals surface area (Å²) in [5.41, 5.74) is 1.73. The van der Waals surface area contributed by atoms with Crippen LogP contribution < -0.4 is 5.32 Å². The summed E-state index contributed by atoms with van der Waals surface area (Å²) < 4.78 is 0. The summed E-state index contributed by atoms with van der Waals surface area (Å²) in [6, 6.07) is -0.0297. The van der Waals surface area contributed by atoms with Crippen molar-refractivity contribution in [3.05, 3.63) is 34.4 Å². The summed E-state index contributed by atoms with van der Waals surface area (Å²) in [6.45, 7) is 0. The molecule has 0 amide bonds. The van der Waals surface area contributed by atoms with Crippen molar-refractivity contribution in [2.75, 3.05) is 6.26 Å². The fraction of sp³-hybridized carbons (Fsp3) is 0.333. The molecule has 2 rings (SSSR count). The summed E-state index contributed by atoms with van der Waals surface area (Å²) in [4.78, 5) is 23.0. The predicted molar refractivity (Wildman–Crippen MR) is 66.6 cm³/mol. The Bertz CT molecular complexity index is 462. The molecule has 0 spiro atoms. The van der Waals surface area contributed by atoms with E-state index >= 15 is 0 Å². The second-order valence-corrected chi connectivity index (χ2v) is 4.81. The number of thioether (sulfide) groups is 1. The van der Waals surface area contributed by atoms with Crippen LogP contribution in [-0.4, -0.2) is 29.2 Å². The van der Waals surface area contributed by atoms with E-state index in [-0.39, 0.29) is 18.2 Å². The minimum atomic E-state index is -0.855. The highest BCUT2D eigenvalue weighted by atomic mass is 32.2. The molecule has 0 fully saturated rings. The van der Waals surface area contributed by atoms with Crippen molar-refractivity contribution in [1.82, 2.24) is 5.32 Å². The van der Waals surface area contributed by atoms with Gasteiger partial charge in [0.05, 0.1) is 12.5 Å². The van der Waals surface area contributed by atoms with Crippen molar-refractivity contribution in [1.29, 1.82) is 0 Å². The lowest BCUT2D eigenvalue weighted by Gasteiger charge is -2.29. The Hall–Kier alpha value is -1.49. The van der Waals surface area contributed by atoms with Gasteiger partial charge in [-0.25, -0.2) is 0 Å². The number of carboxylic acids is 1. The molecule has 0 saturated carbocycles. The van der Waals surface area contributed by atoms with E-state index in [1.54, 1.807) is 12.2 Å². The molecule has 0 radical (unpaired) electrons. The molecule has 17 heavy (non-hydrogen) atoms. The molecule has 1 unspecified atom stereocenters. The largest absolute Gasteiger partial charge is 0.481 e. The Kier molecular flexibility index (Phi) is 3.38. The van der Waals surface area contributed by atoms with Crippen LogP contribution in [0.4, 0.5) is 0 Å². The first kappa shape index (κ1) is 12.0. The van der Waals surface area contributed by atoms with Crippen LogP contribution in [-0.2, 0) is 9.59 Å². The number of carbonyl (C=O) groups is 2. The smallest absolute Gasteiger partial charge is 0.309 e. The summed E-state index contributed by atoms with van der Waals surface area (Å²) in [7, 11) is 0. The van der Waals surface area contributed by atoms with E-state index in [2.05, 4.69) is 5.32 Å². The van der Waals surface area contributed by atoms with Gasteiger partial charge in [0, 0.05) is 17.0 Å². The van der Waals surface area contributed by atoms with E-state index in [1.165, 1.54) is 11.8 Å². The number of rotatable bonds is 3. The predicted octanol–water partition coefficient (Wildman–Crippen LogP) is 1.46. The van der Waals surface area contributed by atoms with Crippen molar-refractivity contribution < 1.29 is 14.7 Å². The fourth-order valence-electron chi connectivity index (χ4n) is 1.96. The second kappa shape index (κ2) is 4.79. The van der Waals surface area contributed by atoms with Crippen molar-refractivity contribution in [3.8, 4) is 0 Å². The average molecular weight is 251 g/mol. The van der Waals surface area contributed by atoms with Gasteiger partial charge in [-0.05, 0) is 24.0 Å². The zero-order valence-corrected chi connectivity index (χ0v) is 10.2. The summed E-state index contributed by atoms with van der Waals surface area (Å²) in [5.74, 6) is -0.761. The monoisotopic (exact) mass is 251 g/mol. The molecule has 1 heterocycles. The maximum absolute atomic E-state index is 11.3. The molecule has 1 aliphatic heterocycles. The number of carboxylic acid groups (broad SMARTS) is 1. The molecule has 1 atom stereocenters. The van der Waals surface area contributed by atoms with Crippen molar-refractivity contribution in [3.63, 3.8) is 0 Å². The molecular weight excluding hydrogens is 238 g/mol. The van der Waals surface area contributed by atoms with Crippen LogP contribution >= 0.6 is 11.8 Å². The lowest BCUT2D eigenvalue weighted by Crippen LogP contribution is -2.35. The Morgan fingerprint density at radius 3 is 3.06 bits per heavy atom. The topological polar surface area (TPSA) is 66.4 Å². The molecular formula is C12H13NO3S. The summed E-state index contributed by atoms with van der Waals surface area (Å²) in [6.07, 6.45) is 7.58. The second-order valence-electron chi connectivity index (χ2n) is 3.96. The van der Waals surface area contributed by atoms with Crippen LogP contribution in [0.15, 0.2) is 34.4 Å². The first-order valence-electron chi connectivity index (χ1n) is 5.27. The number of ketones is 1. The number of allylic oxidation sites excluding steroid dienone is 2. The van der Waals surface area contributed by atoms with Crippen LogP contribution in [0.5, 0.6) is 0 Å². The van der Waals surface area contributed by atoms with E-state index in [1.807, 2.05) is 12.3 Å². The Morgan fingerprint density at radius 2 is 2.41 bits per heavy atom. The molecule has 0 aromatic rings. The van der Waals surface area contributed by atoms with Crippen LogP contribution in [0, 0.1) is 0 Å². The number of carbonyl (C=O) groups excluding carboxylic acids is 1.